The van der Waals surface area contributed by atoms with Gasteiger partial charge in [-0.25, -0.2) is 4.79 Å². The number of aliphatic carboxylic acids is 1. The molecule has 0 fully saturated rings. The second kappa shape index (κ2) is 6.02. The van der Waals surface area contributed by atoms with E-state index in [4.69, 9.17) is 5.26 Å². The highest BCUT2D eigenvalue weighted by atomic mass is 16.6. The molecule has 7 heteroatoms. The molecule has 1 aromatic carbocycles. The summed E-state index contributed by atoms with van der Waals surface area (Å²) in [6, 6.07) is 5.71. The number of benzene rings is 1. The maximum absolute atomic E-state index is 11.4. The zero-order valence-corrected chi connectivity index (χ0v) is 11.2. The van der Waals surface area contributed by atoms with Crippen LogP contribution in [0, 0.1) is 21.4 Å². The highest BCUT2D eigenvalue weighted by Crippen LogP contribution is 2.30. The van der Waals surface area contributed by atoms with Crippen LogP contribution in [0.15, 0.2) is 18.2 Å². The highest BCUT2D eigenvalue weighted by molar-refractivity contribution is 5.84. The summed E-state index contributed by atoms with van der Waals surface area (Å²) < 4.78 is 0. The Morgan fingerprint density at radius 2 is 2.10 bits per heavy atom. The van der Waals surface area contributed by atoms with Crippen molar-refractivity contribution < 1.29 is 14.8 Å². The molecule has 1 aromatic rings. The minimum absolute atomic E-state index is 0.0973. The number of carbonyl (C=O) groups is 1. The van der Waals surface area contributed by atoms with E-state index in [-0.39, 0.29) is 29.8 Å². The normalized spacial score (nSPS) is 10.7. The molecule has 0 unspecified atom stereocenters. The molecular weight excluding hydrogens is 262 g/mol. The second-order valence-corrected chi connectivity index (χ2v) is 4.32. The van der Waals surface area contributed by atoms with Gasteiger partial charge in [-0.1, -0.05) is 13.8 Å². The molecule has 0 atom stereocenters. The van der Waals surface area contributed by atoms with Gasteiger partial charge in [0, 0.05) is 6.07 Å². The molecule has 0 aromatic heterocycles. The van der Waals surface area contributed by atoms with E-state index < -0.39 is 16.4 Å². The van der Waals surface area contributed by atoms with Crippen LogP contribution in [-0.4, -0.2) is 21.5 Å². The van der Waals surface area contributed by atoms with Crippen LogP contribution in [0.2, 0.25) is 0 Å². The zero-order valence-electron chi connectivity index (χ0n) is 11.2. The third-order valence-corrected chi connectivity index (χ3v) is 3.31. The van der Waals surface area contributed by atoms with Crippen molar-refractivity contribution in [2.45, 2.75) is 32.2 Å². The summed E-state index contributed by atoms with van der Waals surface area (Å²) in [6.07, 6.45) is 0.548. The topological polar surface area (TPSA) is 116 Å². The van der Waals surface area contributed by atoms with Gasteiger partial charge in [0.2, 0.25) is 0 Å². The van der Waals surface area contributed by atoms with Gasteiger partial charge in [0.25, 0.3) is 5.69 Å². The van der Waals surface area contributed by atoms with Crippen LogP contribution in [-0.2, 0) is 4.79 Å². The summed E-state index contributed by atoms with van der Waals surface area (Å²) in [5, 5.41) is 31.9. The van der Waals surface area contributed by atoms with Crippen molar-refractivity contribution in [2.24, 2.45) is 0 Å². The summed E-state index contributed by atoms with van der Waals surface area (Å²) in [5.74, 6) is -1.07. The SMILES string of the molecule is CCC(CC)(Nc1ccc(C#N)cc1[N+](=O)[O-])C(=O)O. The van der Waals surface area contributed by atoms with Gasteiger partial charge in [-0.2, -0.15) is 5.26 Å². The Hall–Kier alpha value is -2.62. The number of nitriles is 1. The lowest BCUT2D eigenvalue weighted by molar-refractivity contribution is -0.384. The number of carboxylic acids is 1. The molecule has 0 bridgehead atoms. The highest BCUT2D eigenvalue weighted by Gasteiger charge is 2.36. The predicted octanol–water partition coefficient (Wildman–Crippen LogP) is 2.52. The molecule has 7 nitrogen and oxygen atoms in total. The van der Waals surface area contributed by atoms with E-state index in [2.05, 4.69) is 5.32 Å². The van der Waals surface area contributed by atoms with Crippen LogP contribution in [0.3, 0.4) is 0 Å². The molecule has 0 aliphatic carbocycles. The van der Waals surface area contributed by atoms with E-state index in [1.165, 1.54) is 12.1 Å². The van der Waals surface area contributed by atoms with E-state index in [0.29, 0.717) is 0 Å². The molecular formula is C13H15N3O4. The average Bonchev–Trinajstić information content (AvgIpc) is 2.44. The van der Waals surface area contributed by atoms with Crippen LogP contribution < -0.4 is 5.32 Å². The molecule has 0 heterocycles. The first-order chi connectivity index (χ1) is 9.40. The number of carboxylic acid groups (broad SMARTS) is 1. The molecule has 2 N–H and O–H groups in total. The number of nitrogens with one attached hydrogen (secondary N) is 1. The molecule has 0 saturated heterocycles. The molecule has 0 spiro atoms. The number of nitro benzene ring substituents is 1. The largest absolute Gasteiger partial charge is 0.480 e. The molecule has 1 rings (SSSR count). The molecule has 0 aliphatic rings. The van der Waals surface area contributed by atoms with Crippen molar-refractivity contribution in [1.29, 1.82) is 5.26 Å². The van der Waals surface area contributed by atoms with Gasteiger partial charge < -0.3 is 10.4 Å². The van der Waals surface area contributed by atoms with Crippen molar-refractivity contribution in [3.63, 3.8) is 0 Å². The van der Waals surface area contributed by atoms with Crippen LogP contribution in [0.4, 0.5) is 11.4 Å². The van der Waals surface area contributed by atoms with Gasteiger partial charge >= 0.3 is 5.97 Å². The van der Waals surface area contributed by atoms with Gasteiger partial charge in [-0.3, -0.25) is 10.1 Å². The van der Waals surface area contributed by atoms with E-state index in [1.807, 2.05) is 6.07 Å². The van der Waals surface area contributed by atoms with Gasteiger partial charge in [-0.15, -0.1) is 0 Å². The lowest BCUT2D eigenvalue weighted by Crippen LogP contribution is -2.45. The first kappa shape index (κ1) is 15.4. The second-order valence-electron chi connectivity index (χ2n) is 4.32. The van der Waals surface area contributed by atoms with Crippen LogP contribution in [0.1, 0.15) is 32.3 Å². The van der Waals surface area contributed by atoms with E-state index >= 15 is 0 Å². The smallest absolute Gasteiger partial charge is 0.329 e. The Morgan fingerprint density at radius 3 is 2.50 bits per heavy atom. The Kier molecular flexibility index (Phi) is 4.64. The van der Waals surface area contributed by atoms with Gasteiger partial charge in [-0.05, 0) is 25.0 Å². The van der Waals surface area contributed by atoms with Crippen LogP contribution >= 0.6 is 0 Å². The monoisotopic (exact) mass is 277 g/mol. The Balaban J connectivity index is 3.30. The maximum Gasteiger partial charge on any atom is 0.329 e. The maximum atomic E-state index is 11.4. The van der Waals surface area contributed by atoms with E-state index in [9.17, 15) is 20.0 Å². The molecule has 106 valence electrons. The third-order valence-electron chi connectivity index (χ3n) is 3.31. The minimum Gasteiger partial charge on any atom is -0.480 e. The minimum atomic E-state index is -1.26. The fraction of sp³-hybridized carbons (Fsp3) is 0.385. The fourth-order valence-corrected chi connectivity index (χ4v) is 1.90. The lowest BCUT2D eigenvalue weighted by Gasteiger charge is -2.29. The number of hydrogen-bond acceptors (Lipinski definition) is 5. The number of anilines is 1. The summed E-state index contributed by atoms with van der Waals surface area (Å²) in [5.41, 5.74) is -1.33. The number of hydrogen-bond donors (Lipinski definition) is 2. The van der Waals surface area contributed by atoms with Gasteiger partial charge in [0.1, 0.15) is 11.2 Å². The van der Waals surface area contributed by atoms with E-state index in [1.54, 1.807) is 13.8 Å². The zero-order chi connectivity index (χ0) is 15.3. The van der Waals surface area contributed by atoms with Crippen LogP contribution in [0.5, 0.6) is 0 Å². The Labute approximate surface area is 116 Å². The summed E-state index contributed by atoms with van der Waals surface area (Å²) >= 11 is 0. The molecule has 0 radical (unpaired) electrons. The van der Waals surface area contributed by atoms with Gasteiger partial charge in [0.05, 0.1) is 16.6 Å². The predicted molar refractivity (Wildman–Crippen MR) is 72.4 cm³/mol. The third kappa shape index (κ3) is 2.85. The van der Waals surface area contributed by atoms with Crippen LogP contribution in [0.25, 0.3) is 0 Å². The average molecular weight is 277 g/mol. The summed E-state index contributed by atoms with van der Waals surface area (Å²) in [4.78, 5) is 21.8. The molecule has 0 aliphatic heterocycles. The number of rotatable bonds is 6. The number of nitro groups is 1. The van der Waals surface area contributed by atoms with Crippen molar-refractivity contribution >= 4 is 17.3 Å². The van der Waals surface area contributed by atoms with Crippen molar-refractivity contribution in [3.05, 3.63) is 33.9 Å². The Morgan fingerprint density at radius 1 is 1.50 bits per heavy atom. The van der Waals surface area contributed by atoms with E-state index in [0.717, 1.165) is 6.07 Å². The quantitative estimate of drug-likeness (QED) is 0.609. The van der Waals surface area contributed by atoms with Crippen molar-refractivity contribution in [1.82, 2.24) is 0 Å². The van der Waals surface area contributed by atoms with Gasteiger partial charge in [0.15, 0.2) is 0 Å². The molecule has 20 heavy (non-hydrogen) atoms. The molecule has 0 saturated carbocycles. The summed E-state index contributed by atoms with van der Waals surface area (Å²) in [7, 11) is 0. The standard InChI is InChI=1S/C13H15N3O4/c1-3-13(4-2,12(17)18)15-10-6-5-9(8-14)7-11(10)16(19)20/h5-7,15H,3-4H2,1-2H3,(H,17,18). The molecule has 0 amide bonds. The van der Waals surface area contributed by atoms with Crippen molar-refractivity contribution in [2.75, 3.05) is 5.32 Å². The number of nitrogens with zero attached hydrogens (tertiary/aromatic N) is 2. The van der Waals surface area contributed by atoms with Crippen molar-refractivity contribution in [3.8, 4) is 6.07 Å². The Bertz CT molecular complexity index is 573. The lowest BCUT2D eigenvalue weighted by atomic mass is 9.92. The fourth-order valence-electron chi connectivity index (χ4n) is 1.90. The first-order valence-electron chi connectivity index (χ1n) is 6.10. The summed E-state index contributed by atoms with van der Waals surface area (Å²) in [6.45, 7) is 3.39. The first-order valence-corrected chi connectivity index (χ1v) is 6.10.